The van der Waals surface area contributed by atoms with Crippen LogP contribution in [-0.4, -0.2) is 35.3 Å². The third-order valence-electron chi connectivity index (χ3n) is 5.07. The Bertz CT molecular complexity index is 357. The molecule has 0 radical (unpaired) electrons. The molecule has 3 aliphatic rings. The van der Waals surface area contributed by atoms with Gasteiger partial charge in [0.1, 0.15) is 6.04 Å². The van der Waals surface area contributed by atoms with Crippen molar-refractivity contribution in [1.29, 1.82) is 0 Å². The summed E-state index contributed by atoms with van der Waals surface area (Å²) in [5.74, 6) is 0.606. The molecule has 4 heteroatoms. The zero-order valence-corrected chi connectivity index (χ0v) is 11.6. The Hall–Kier alpha value is -1.06. The maximum Gasteiger partial charge on any atom is 0.246 e. The summed E-state index contributed by atoms with van der Waals surface area (Å²) >= 11 is 0. The molecular formula is C15H24N2O2. The van der Waals surface area contributed by atoms with Gasteiger partial charge in [-0.05, 0) is 31.6 Å². The SMILES string of the molecule is O=C1CN(C2CCCC2)C(=O)C(C2CCCCC2)N1. The van der Waals surface area contributed by atoms with Crippen LogP contribution in [0.15, 0.2) is 0 Å². The van der Waals surface area contributed by atoms with Crippen LogP contribution in [0.5, 0.6) is 0 Å². The standard InChI is InChI=1S/C15H24N2O2/c18-13-10-17(12-8-4-5-9-12)15(19)14(16-13)11-6-2-1-3-7-11/h11-12,14H,1-10H2,(H,16,18). The second-order valence-corrected chi connectivity index (χ2v) is 6.35. The van der Waals surface area contributed by atoms with E-state index in [9.17, 15) is 9.59 Å². The zero-order valence-electron chi connectivity index (χ0n) is 11.6. The van der Waals surface area contributed by atoms with E-state index in [-0.39, 0.29) is 24.4 Å². The molecule has 19 heavy (non-hydrogen) atoms. The fourth-order valence-corrected chi connectivity index (χ4v) is 4.00. The number of amides is 2. The average Bonchev–Trinajstić information content (AvgIpc) is 2.96. The van der Waals surface area contributed by atoms with Gasteiger partial charge >= 0.3 is 0 Å². The van der Waals surface area contributed by atoms with Crippen molar-refractivity contribution in [2.75, 3.05) is 6.54 Å². The molecule has 1 aliphatic heterocycles. The minimum Gasteiger partial charge on any atom is -0.342 e. The quantitative estimate of drug-likeness (QED) is 0.827. The lowest BCUT2D eigenvalue weighted by Crippen LogP contribution is -2.62. The zero-order chi connectivity index (χ0) is 13.2. The molecule has 0 spiro atoms. The Morgan fingerprint density at radius 3 is 2.21 bits per heavy atom. The van der Waals surface area contributed by atoms with E-state index < -0.39 is 0 Å². The summed E-state index contributed by atoms with van der Waals surface area (Å²) in [6.45, 7) is 0.284. The predicted octanol–water partition coefficient (Wildman–Crippen LogP) is 1.84. The van der Waals surface area contributed by atoms with Gasteiger partial charge in [0.15, 0.2) is 0 Å². The molecule has 2 amide bonds. The van der Waals surface area contributed by atoms with Gasteiger partial charge in [-0.3, -0.25) is 9.59 Å². The molecule has 2 aliphatic carbocycles. The van der Waals surface area contributed by atoms with E-state index >= 15 is 0 Å². The summed E-state index contributed by atoms with van der Waals surface area (Å²) in [5.41, 5.74) is 0. The molecule has 0 aromatic carbocycles. The van der Waals surface area contributed by atoms with Crippen molar-refractivity contribution in [1.82, 2.24) is 10.2 Å². The molecule has 1 unspecified atom stereocenters. The Balaban J connectivity index is 1.72. The van der Waals surface area contributed by atoms with Gasteiger partial charge < -0.3 is 10.2 Å². The molecule has 4 nitrogen and oxygen atoms in total. The van der Waals surface area contributed by atoms with Gasteiger partial charge in [-0.1, -0.05) is 32.1 Å². The summed E-state index contributed by atoms with van der Waals surface area (Å²) in [6, 6.07) is 0.0896. The number of piperazine rings is 1. The van der Waals surface area contributed by atoms with E-state index in [1.807, 2.05) is 4.90 Å². The number of carbonyl (C=O) groups excluding carboxylic acids is 2. The highest BCUT2D eigenvalue weighted by Gasteiger charge is 2.41. The van der Waals surface area contributed by atoms with Crippen LogP contribution in [0.25, 0.3) is 0 Å². The van der Waals surface area contributed by atoms with Gasteiger partial charge in [-0.25, -0.2) is 0 Å². The summed E-state index contributed by atoms with van der Waals surface area (Å²) in [5, 5.41) is 2.96. The Morgan fingerprint density at radius 2 is 1.53 bits per heavy atom. The van der Waals surface area contributed by atoms with Crippen LogP contribution >= 0.6 is 0 Å². The first-order valence-electron chi connectivity index (χ1n) is 7.85. The van der Waals surface area contributed by atoms with Crippen molar-refractivity contribution in [2.45, 2.75) is 69.9 Å². The lowest BCUT2D eigenvalue weighted by molar-refractivity contribution is -0.148. The Kier molecular flexibility index (Phi) is 3.76. The van der Waals surface area contributed by atoms with Gasteiger partial charge in [0.2, 0.25) is 11.8 Å². The highest BCUT2D eigenvalue weighted by Crippen LogP contribution is 2.31. The number of hydrogen-bond donors (Lipinski definition) is 1. The predicted molar refractivity (Wildman–Crippen MR) is 72.5 cm³/mol. The molecule has 1 N–H and O–H groups in total. The topological polar surface area (TPSA) is 49.4 Å². The maximum absolute atomic E-state index is 12.7. The molecule has 0 aromatic rings. The van der Waals surface area contributed by atoms with Gasteiger partial charge in [-0.2, -0.15) is 0 Å². The van der Waals surface area contributed by atoms with E-state index in [2.05, 4.69) is 5.32 Å². The lowest BCUT2D eigenvalue weighted by Gasteiger charge is -2.40. The van der Waals surface area contributed by atoms with Gasteiger partial charge in [-0.15, -0.1) is 0 Å². The van der Waals surface area contributed by atoms with Crippen molar-refractivity contribution in [3.8, 4) is 0 Å². The second kappa shape index (κ2) is 5.51. The normalized spacial score (nSPS) is 30.7. The minimum atomic E-state index is -0.234. The summed E-state index contributed by atoms with van der Waals surface area (Å²) in [6.07, 6.45) is 10.4. The lowest BCUT2D eigenvalue weighted by atomic mass is 9.82. The largest absolute Gasteiger partial charge is 0.342 e. The fraction of sp³-hybridized carbons (Fsp3) is 0.867. The average molecular weight is 264 g/mol. The molecule has 0 bridgehead atoms. The Morgan fingerprint density at radius 1 is 0.895 bits per heavy atom. The highest BCUT2D eigenvalue weighted by molar-refractivity contribution is 5.95. The number of hydrogen-bond acceptors (Lipinski definition) is 2. The molecule has 3 fully saturated rings. The van der Waals surface area contributed by atoms with E-state index in [0.717, 1.165) is 25.7 Å². The third-order valence-corrected chi connectivity index (χ3v) is 5.07. The van der Waals surface area contributed by atoms with Crippen LogP contribution in [0.3, 0.4) is 0 Å². The van der Waals surface area contributed by atoms with Gasteiger partial charge in [0.05, 0.1) is 6.54 Å². The van der Waals surface area contributed by atoms with E-state index in [0.29, 0.717) is 12.0 Å². The maximum atomic E-state index is 12.7. The molecule has 106 valence electrons. The smallest absolute Gasteiger partial charge is 0.246 e. The van der Waals surface area contributed by atoms with Crippen molar-refractivity contribution in [2.24, 2.45) is 5.92 Å². The fourth-order valence-electron chi connectivity index (χ4n) is 4.00. The van der Waals surface area contributed by atoms with Crippen LogP contribution in [0, 0.1) is 5.92 Å². The van der Waals surface area contributed by atoms with Crippen LogP contribution in [0.1, 0.15) is 57.8 Å². The van der Waals surface area contributed by atoms with Crippen LogP contribution in [0.4, 0.5) is 0 Å². The van der Waals surface area contributed by atoms with E-state index in [1.165, 1.54) is 32.1 Å². The molecular weight excluding hydrogens is 240 g/mol. The number of rotatable bonds is 2. The number of nitrogens with one attached hydrogen (secondary N) is 1. The highest BCUT2D eigenvalue weighted by atomic mass is 16.2. The first-order chi connectivity index (χ1) is 9.25. The summed E-state index contributed by atoms with van der Waals surface area (Å²) in [4.78, 5) is 26.5. The van der Waals surface area contributed by atoms with Crippen LogP contribution < -0.4 is 5.32 Å². The number of carbonyl (C=O) groups is 2. The van der Waals surface area contributed by atoms with Crippen molar-refractivity contribution in [3.05, 3.63) is 0 Å². The van der Waals surface area contributed by atoms with Crippen molar-refractivity contribution < 1.29 is 9.59 Å². The second-order valence-electron chi connectivity index (χ2n) is 6.35. The van der Waals surface area contributed by atoms with Crippen LogP contribution in [-0.2, 0) is 9.59 Å². The van der Waals surface area contributed by atoms with Crippen molar-refractivity contribution >= 4 is 11.8 Å². The summed E-state index contributed by atoms with van der Waals surface area (Å²) < 4.78 is 0. The molecule has 1 atom stereocenters. The molecule has 1 saturated heterocycles. The Labute approximate surface area is 114 Å². The first-order valence-corrected chi connectivity index (χ1v) is 7.85. The summed E-state index contributed by atoms with van der Waals surface area (Å²) in [7, 11) is 0. The van der Waals surface area contributed by atoms with Crippen LogP contribution in [0.2, 0.25) is 0 Å². The molecule has 1 heterocycles. The monoisotopic (exact) mass is 264 g/mol. The molecule has 2 saturated carbocycles. The minimum absolute atomic E-state index is 0.0436. The molecule has 0 aromatic heterocycles. The number of nitrogens with zero attached hydrogens (tertiary/aromatic N) is 1. The molecule has 3 rings (SSSR count). The van der Waals surface area contributed by atoms with Crippen molar-refractivity contribution in [3.63, 3.8) is 0 Å². The van der Waals surface area contributed by atoms with Gasteiger partial charge in [0.25, 0.3) is 0 Å². The first kappa shape index (κ1) is 12.9. The third kappa shape index (κ3) is 2.63. The van der Waals surface area contributed by atoms with E-state index in [4.69, 9.17) is 0 Å². The van der Waals surface area contributed by atoms with E-state index in [1.54, 1.807) is 0 Å². The van der Waals surface area contributed by atoms with Gasteiger partial charge in [0, 0.05) is 6.04 Å².